The van der Waals surface area contributed by atoms with Gasteiger partial charge in [0, 0.05) is 29.1 Å². The lowest BCUT2D eigenvalue weighted by molar-refractivity contribution is 0.306. The Balaban J connectivity index is 1.48. The van der Waals surface area contributed by atoms with Crippen molar-refractivity contribution in [2.75, 3.05) is 7.11 Å². The molecule has 0 spiro atoms. The van der Waals surface area contributed by atoms with E-state index in [4.69, 9.17) is 18.3 Å². The summed E-state index contributed by atoms with van der Waals surface area (Å²) in [6, 6.07) is 21.3. The molecule has 0 fully saturated rings. The number of aryl methyl sites for hydroxylation is 1. The van der Waals surface area contributed by atoms with Gasteiger partial charge in [-0.05, 0) is 36.8 Å². The number of rotatable bonds is 5. The highest BCUT2D eigenvalue weighted by Gasteiger charge is 2.14. The first-order chi connectivity index (χ1) is 16.0. The third-order valence-corrected chi connectivity index (χ3v) is 5.53. The van der Waals surface area contributed by atoms with Crippen LogP contribution < -0.4 is 20.5 Å². The number of hydrogen-bond acceptors (Lipinski definition) is 6. The number of hydrogen-bond donors (Lipinski definition) is 0. The summed E-state index contributed by atoms with van der Waals surface area (Å²) in [5, 5.41) is 1.23. The lowest BCUT2D eigenvalue weighted by Gasteiger charge is -2.11. The van der Waals surface area contributed by atoms with Gasteiger partial charge in [-0.2, -0.15) is 0 Å². The number of benzene rings is 3. The van der Waals surface area contributed by atoms with E-state index in [2.05, 4.69) is 0 Å². The molecule has 0 unspecified atom stereocenters. The van der Waals surface area contributed by atoms with Crippen LogP contribution in [0.4, 0.5) is 0 Å². The Hall–Kier alpha value is -4.32. The maximum absolute atomic E-state index is 13.1. The van der Waals surface area contributed by atoms with E-state index in [1.165, 1.54) is 6.07 Å². The molecule has 6 nitrogen and oxygen atoms in total. The Bertz CT molecular complexity index is 1600. The number of methoxy groups -OCH3 is 1. The van der Waals surface area contributed by atoms with E-state index < -0.39 is 5.63 Å². The van der Waals surface area contributed by atoms with Crippen molar-refractivity contribution in [1.29, 1.82) is 0 Å². The highest BCUT2D eigenvalue weighted by molar-refractivity contribution is 5.84. The molecule has 0 aliphatic carbocycles. The van der Waals surface area contributed by atoms with Crippen LogP contribution in [0.25, 0.3) is 33.1 Å². The summed E-state index contributed by atoms with van der Waals surface area (Å²) in [5.41, 5.74) is 2.36. The zero-order valence-electron chi connectivity index (χ0n) is 18.1. The SMILES string of the molecule is COc1ccc2c(COc3ccc4c(=O)c(-c5ccccc5)c(C)oc4c3)cc(=O)oc2c1. The summed E-state index contributed by atoms with van der Waals surface area (Å²) >= 11 is 0. The fourth-order valence-corrected chi connectivity index (χ4v) is 3.93. The molecule has 0 saturated carbocycles. The lowest BCUT2D eigenvalue weighted by Crippen LogP contribution is -2.08. The normalized spacial score (nSPS) is 11.1. The molecule has 2 heterocycles. The van der Waals surface area contributed by atoms with Gasteiger partial charge in [0.05, 0.1) is 18.1 Å². The molecule has 164 valence electrons. The molecule has 0 aliphatic heterocycles. The van der Waals surface area contributed by atoms with Crippen LogP contribution in [0.2, 0.25) is 0 Å². The molecule has 6 heteroatoms. The molecular weight excluding hydrogens is 420 g/mol. The van der Waals surface area contributed by atoms with Gasteiger partial charge < -0.3 is 18.3 Å². The Morgan fingerprint density at radius 1 is 0.788 bits per heavy atom. The molecule has 5 aromatic rings. The average molecular weight is 440 g/mol. The van der Waals surface area contributed by atoms with Gasteiger partial charge in [0.2, 0.25) is 5.43 Å². The van der Waals surface area contributed by atoms with E-state index >= 15 is 0 Å². The van der Waals surface area contributed by atoms with Crippen molar-refractivity contribution in [3.63, 3.8) is 0 Å². The molecule has 5 rings (SSSR count). The summed E-state index contributed by atoms with van der Waals surface area (Å²) in [6.07, 6.45) is 0. The third-order valence-electron chi connectivity index (χ3n) is 5.53. The molecule has 2 aromatic heterocycles. The second-order valence-electron chi connectivity index (χ2n) is 7.63. The van der Waals surface area contributed by atoms with Crippen molar-refractivity contribution < 1.29 is 18.3 Å². The van der Waals surface area contributed by atoms with Crippen LogP contribution in [0.15, 0.2) is 91.2 Å². The molecule has 0 radical (unpaired) electrons. The topological polar surface area (TPSA) is 78.9 Å². The standard InChI is InChI=1S/C27H20O6/c1-16-26(17-6-4-3-5-7-17)27(29)22-11-9-20(14-24(22)32-16)31-15-18-12-25(28)33-23-13-19(30-2)8-10-21(18)23/h3-14H,15H2,1-2H3. The van der Waals surface area contributed by atoms with Gasteiger partial charge in [-0.3, -0.25) is 4.79 Å². The van der Waals surface area contributed by atoms with Crippen LogP contribution in [-0.2, 0) is 6.61 Å². The van der Waals surface area contributed by atoms with Crippen molar-refractivity contribution in [2.24, 2.45) is 0 Å². The average Bonchev–Trinajstić information content (AvgIpc) is 2.82. The molecule has 0 amide bonds. The second kappa shape index (κ2) is 8.31. The van der Waals surface area contributed by atoms with E-state index in [0.717, 1.165) is 10.9 Å². The van der Waals surface area contributed by atoms with E-state index in [-0.39, 0.29) is 12.0 Å². The minimum absolute atomic E-state index is 0.0906. The predicted octanol–water partition coefficient (Wildman–Crippen LogP) is 5.46. The molecule has 0 bridgehead atoms. The smallest absolute Gasteiger partial charge is 0.336 e. The maximum Gasteiger partial charge on any atom is 0.336 e. The number of ether oxygens (including phenoxy) is 2. The minimum atomic E-state index is -0.470. The highest BCUT2D eigenvalue weighted by Crippen LogP contribution is 2.28. The fraction of sp³-hybridized carbons (Fsp3) is 0.111. The molecule has 0 aliphatic rings. The Morgan fingerprint density at radius 3 is 2.27 bits per heavy atom. The van der Waals surface area contributed by atoms with Crippen LogP contribution in [-0.4, -0.2) is 7.11 Å². The second-order valence-corrected chi connectivity index (χ2v) is 7.63. The maximum atomic E-state index is 13.1. The molecule has 0 atom stereocenters. The predicted molar refractivity (Wildman–Crippen MR) is 126 cm³/mol. The van der Waals surface area contributed by atoms with Gasteiger partial charge in [0.1, 0.15) is 35.0 Å². The monoisotopic (exact) mass is 440 g/mol. The Morgan fingerprint density at radius 2 is 1.48 bits per heavy atom. The zero-order chi connectivity index (χ0) is 22.9. The van der Waals surface area contributed by atoms with Crippen molar-refractivity contribution in [2.45, 2.75) is 13.5 Å². The first-order valence-electron chi connectivity index (χ1n) is 10.4. The largest absolute Gasteiger partial charge is 0.497 e. The van der Waals surface area contributed by atoms with Crippen molar-refractivity contribution in [3.8, 4) is 22.6 Å². The van der Waals surface area contributed by atoms with E-state index in [9.17, 15) is 9.59 Å². The van der Waals surface area contributed by atoms with Gasteiger partial charge in [0.15, 0.2) is 0 Å². The van der Waals surface area contributed by atoms with Crippen molar-refractivity contribution in [1.82, 2.24) is 0 Å². The van der Waals surface area contributed by atoms with E-state index in [1.54, 1.807) is 44.4 Å². The van der Waals surface area contributed by atoms with Gasteiger partial charge in [0.25, 0.3) is 0 Å². The fourth-order valence-electron chi connectivity index (χ4n) is 3.93. The van der Waals surface area contributed by atoms with E-state index in [0.29, 0.717) is 44.9 Å². The van der Waals surface area contributed by atoms with Crippen LogP contribution >= 0.6 is 0 Å². The van der Waals surface area contributed by atoms with Gasteiger partial charge in [-0.15, -0.1) is 0 Å². The van der Waals surface area contributed by atoms with Gasteiger partial charge >= 0.3 is 5.63 Å². The zero-order valence-corrected chi connectivity index (χ0v) is 18.1. The minimum Gasteiger partial charge on any atom is -0.497 e. The first-order valence-corrected chi connectivity index (χ1v) is 10.4. The van der Waals surface area contributed by atoms with Crippen LogP contribution in [0, 0.1) is 6.92 Å². The summed E-state index contributed by atoms with van der Waals surface area (Å²) in [5.74, 6) is 1.65. The van der Waals surface area contributed by atoms with Crippen LogP contribution in [0.1, 0.15) is 11.3 Å². The molecule has 33 heavy (non-hydrogen) atoms. The molecule has 0 N–H and O–H groups in total. The van der Waals surface area contributed by atoms with Crippen LogP contribution in [0.5, 0.6) is 11.5 Å². The molecule has 3 aromatic carbocycles. The van der Waals surface area contributed by atoms with E-state index in [1.807, 2.05) is 36.4 Å². The summed E-state index contributed by atoms with van der Waals surface area (Å²) < 4.78 is 22.4. The highest BCUT2D eigenvalue weighted by atomic mass is 16.5. The quantitative estimate of drug-likeness (QED) is 0.338. The Labute approximate surface area is 188 Å². The summed E-state index contributed by atoms with van der Waals surface area (Å²) in [7, 11) is 1.55. The summed E-state index contributed by atoms with van der Waals surface area (Å²) in [4.78, 5) is 25.1. The van der Waals surface area contributed by atoms with Crippen molar-refractivity contribution >= 4 is 21.9 Å². The molecule has 0 saturated heterocycles. The van der Waals surface area contributed by atoms with Crippen LogP contribution in [0.3, 0.4) is 0 Å². The Kier molecular flexibility index (Phi) is 5.18. The number of fused-ring (bicyclic) bond motifs is 2. The molecular formula is C27H20O6. The van der Waals surface area contributed by atoms with Crippen molar-refractivity contribution in [3.05, 3.63) is 105 Å². The van der Waals surface area contributed by atoms with Gasteiger partial charge in [-0.25, -0.2) is 4.79 Å². The first kappa shape index (κ1) is 20.6. The third kappa shape index (κ3) is 3.87. The summed E-state index contributed by atoms with van der Waals surface area (Å²) in [6.45, 7) is 1.92. The lowest BCUT2D eigenvalue weighted by atomic mass is 10.0. The van der Waals surface area contributed by atoms with Gasteiger partial charge in [-0.1, -0.05) is 30.3 Å².